The lowest BCUT2D eigenvalue weighted by atomic mass is 10.3. The zero-order valence-corrected chi connectivity index (χ0v) is 11.9. The van der Waals surface area contributed by atoms with E-state index in [4.69, 9.17) is 5.73 Å². The van der Waals surface area contributed by atoms with Crippen LogP contribution in [0.1, 0.15) is 19.8 Å². The van der Waals surface area contributed by atoms with E-state index in [1.807, 2.05) is 26.1 Å². The van der Waals surface area contributed by atoms with Crippen LogP contribution in [0.2, 0.25) is 0 Å². The average molecular weight is 270 g/mol. The average Bonchev–Trinajstić information content (AvgIpc) is 2.36. The highest BCUT2D eigenvalue weighted by atomic mass is 32.2. The van der Waals surface area contributed by atoms with Crippen molar-refractivity contribution in [2.24, 2.45) is 5.73 Å². The molecular weight excluding hydrogens is 248 g/mol. The number of sulfone groups is 1. The van der Waals surface area contributed by atoms with Crippen molar-refractivity contribution in [3.8, 4) is 0 Å². The quantitative estimate of drug-likeness (QED) is 0.818. The summed E-state index contributed by atoms with van der Waals surface area (Å²) in [6.45, 7) is 3.40. The van der Waals surface area contributed by atoms with Crippen LogP contribution in [-0.4, -0.2) is 34.3 Å². The van der Waals surface area contributed by atoms with E-state index in [9.17, 15) is 8.42 Å². The molecule has 0 aromatic heterocycles. The first-order valence-corrected chi connectivity index (χ1v) is 7.90. The number of benzene rings is 1. The molecule has 0 unspecified atom stereocenters. The zero-order valence-electron chi connectivity index (χ0n) is 11.1. The summed E-state index contributed by atoms with van der Waals surface area (Å²) in [6, 6.07) is 7.05. The number of nitrogens with two attached hydrogens (primary N) is 1. The summed E-state index contributed by atoms with van der Waals surface area (Å²) in [6.07, 6.45) is 1.56. The molecule has 2 N–H and O–H groups in total. The number of nitrogens with zero attached hydrogens (tertiary/aromatic N) is 1. The van der Waals surface area contributed by atoms with Crippen LogP contribution in [-0.2, 0) is 9.84 Å². The smallest absolute Gasteiger partial charge is 0.178 e. The SMILES string of the molecule is CCCS(=O)(=O)c1ccc(N(C)CCCN)cc1. The summed E-state index contributed by atoms with van der Waals surface area (Å²) in [5.41, 5.74) is 6.48. The van der Waals surface area contributed by atoms with Gasteiger partial charge in [0.1, 0.15) is 0 Å². The van der Waals surface area contributed by atoms with Gasteiger partial charge in [-0.1, -0.05) is 6.92 Å². The molecule has 0 aliphatic carbocycles. The van der Waals surface area contributed by atoms with Crippen molar-refractivity contribution in [1.82, 2.24) is 0 Å². The lowest BCUT2D eigenvalue weighted by molar-refractivity contribution is 0.594. The van der Waals surface area contributed by atoms with Crippen LogP contribution in [0.5, 0.6) is 0 Å². The lowest BCUT2D eigenvalue weighted by Gasteiger charge is -2.19. The summed E-state index contributed by atoms with van der Waals surface area (Å²) in [5.74, 6) is 0.204. The Hall–Kier alpha value is -1.07. The Kier molecular flexibility index (Phi) is 5.62. The van der Waals surface area contributed by atoms with Gasteiger partial charge in [0.15, 0.2) is 9.84 Å². The van der Waals surface area contributed by atoms with Crippen molar-refractivity contribution in [2.45, 2.75) is 24.7 Å². The predicted octanol–water partition coefficient (Wildman–Crippen LogP) is 1.66. The second-order valence-electron chi connectivity index (χ2n) is 4.38. The fraction of sp³-hybridized carbons (Fsp3) is 0.538. The van der Waals surface area contributed by atoms with Gasteiger partial charge in [-0.25, -0.2) is 8.42 Å². The second kappa shape index (κ2) is 6.75. The van der Waals surface area contributed by atoms with Gasteiger partial charge in [0.25, 0.3) is 0 Å². The molecule has 5 heteroatoms. The third-order valence-electron chi connectivity index (χ3n) is 2.81. The molecule has 1 aromatic carbocycles. The van der Waals surface area contributed by atoms with Gasteiger partial charge in [-0.05, 0) is 43.7 Å². The summed E-state index contributed by atoms with van der Waals surface area (Å²) >= 11 is 0. The Bertz CT molecular complexity index is 454. The van der Waals surface area contributed by atoms with Gasteiger partial charge in [-0.3, -0.25) is 0 Å². The Morgan fingerprint density at radius 1 is 1.22 bits per heavy atom. The van der Waals surface area contributed by atoms with E-state index < -0.39 is 9.84 Å². The highest BCUT2D eigenvalue weighted by molar-refractivity contribution is 7.91. The van der Waals surface area contributed by atoms with Gasteiger partial charge in [0, 0.05) is 19.3 Å². The van der Waals surface area contributed by atoms with Crippen LogP contribution in [0.25, 0.3) is 0 Å². The minimum absolute atomic E-state index is 0.204. The largest absolute Gasteiger partial charge is 0.375 e. The van der Waals surface area contributed by atoms with Gasteiger partial charge in [0.05, 0.1) is 10.6 Å². The predicted molar refractivity (Wildman–Crippen MR) is 75.7 cm³/mol. The monoisotopic (exact) mass is 270 g/mol. The first-order valence-electron chi connectivity index (χ1n) is 6.25. The molecular formula is C13H22N2O2S. The molecule has 4 nitrogen and oxygen atoms in total. The van der Waals surface area contributed by atoms with E-state index in [2.05, 4.69) is 4.90 Å². The van der Waals surface area contributed by atoms with E-state index in [0.29, 0.717) is 17.9 Å². The van der Waals surface area contributed by atoms with Crippen LogP contribution < -0.4 is 10.6 Å². The molecule has 0 radical (unpaired) electrons. The first-order chi connectivity index (χ1) is 8.51. The molecule has 0 amide bonds. The van der Waals surface area contributed by atoms with Crippen molar-refractivity contribution in [3.05, 3.63) is 24.3 Å². The molecule has 1 aromatic rings. The molecule has 0 heterocycles. The molecule has 0 aliphatic rings. The molecule has 0 atom stereocenters. The van der Waals surface area contributed by atoms with Crippen LogP contribution in [0.15, 0.2) is 29.2 Å². The van der Waals surface area contributed by atoms with Gasteiger partial charge in [-0.15, -0.1) is 0 Å². The minimum atomic E-state index is -3.11. The van der Waals surface area contributed by atoms with Crippen molar-refractivity contribution >= 4 is 15.5 Å². The van der Waals surface area contributed by atoms with Crippen LogP contribution >= 0.6 is 0 Å². The molecule has 0 fully saturated rings. The fourth-order valence-electron chi connectivity index (χ4n) is 1.75. The molecule has 102 valence electrons. The Morgan fingerprint density at radius 2 is 1.83 bits per heavy atom. The third-order valence-corrected chi connectivity index (χ3v) is 4.74. The van der Waals surface area contributed by atoms with Crippen molar-refractivity contribution < 1.29 is 8.42 Å². The third kappa shape index (κ3) is 3.99. The highest BCUT2D eigenvalue weighted by Crippen LogP contribution is 2.18. The van der Waals surface area contributed by atoms with Crippen LogP contribution in [0, 0.1) is 0 Å². The minimum Gasteiger partial charge on any atom is -0.375 e. The van der Waals surface area contributed by atoms with Crippen LogP contribution in [0.4, 0.5) is 5.69 Å². The van der Waals surface area contributed by atoms with E-state index in [-0.39, 0.29) is 5.75 Å². The number of hydrogen-bond donors (Lipinski definition) is 1. The second-order valence-corrected chi connectivity index (χ2v) is 6.49. The topological polar surface area (TPSA) is 63.4 Å². The van der Waals surface area contributed by atoms with Crippen molar-refractivity contribution in [3.63, 3.8) is 0 Å². The molecule has 0 saturated heterocycles. The van der Waals surface area contributed by atoms with Gasteiger partial charge >= 0.3 is 0 Å². The lowest BCUT2D eigenvalue weighted by Crippen LogP contribution is -2.21. The Balaban J connectivity index is 2.80. The fourth-order valence-corrected chi connectivity index (χ4v) is 3.08. The number of rotatable bonds is 7. The normalized spacial score (nSPS) is 11.5. The maximum atomic E-state index is 11.9. The Labute approximate surface area is 110 Å². The standard InChI is InChI=1S/C13H22N2O2S/c1-3-11-18(16,17)13-7-5-12(6-8-13)15(2)10-4-9-14/h5-8H,3-4,9-11,14H2,1-2H3. The van der Waals surface area contributed by atoms with Gasteiger partial charge in [-0.2, -0.15) is 0 Å². The number of anilines is 1. The highest BCUT2D eigenvalue weighted by Gasteiger charge is 2.12. The van der Waals surface area contributed by atoms with Crippen molar-refractivity contribution in [2.75, 3.05) is 30.8 Å². The Morgan fingerprint density at radius 3 is 2.33 bits per heavy atom. The summed E-state index contributed by atoms with van der Waals surface area (Å²) in [7, 11) is -1.13. The van der Waals surface area contributed by atoms with Gasteiger partial charge in [0.2, 0.25) is 0 Å². The number of hydrogen-bond acceptors (Lipinski definition) is 4. The first kappa shape index (κ1) is 15.0. The van der Waals surface area contributed by atoms with Crippen molar-refractivity contribution in [1.29, 1.82) is 0 Å². The summed E-state index contributed by atoms with van der Waals surface area (Å²) in [5, 5.41) is 0. The van der Waals surface area contributed by atoms with Crippen LogP contribution in [0.3, 0.4) is 0 Å². The molecule has 0 saturated carbocycles. The maximum Gasteiger partial charge on any atom is 0.178 e. The zero-order chi connectivity index (χ0) is 13.6. The molecule has 0 spiro atoms. The van der Waals surface area contributed by atoms with Gasteiger partial charge < -0.3 is 10.6 Å². The molecule has 18 heavy (non-hydrogen) atoms. The van der Waals surface area contributed by atoms with E-state index in [0.717, 1.165) is 18.7 Å². The molecule has 0 aliphatic heterocycles. The maximum absolute atomic E-state index is 11.9. The summed E-state index contributed by atoms with van der Waals surface area (Å²) in [4.78, 5) is 2.48. The molecule has 1 rings (SSSR count). The van der Waals surface area contributed by atoms with E-state index in [1.54, 1.807) is 12.1 Å². The summed E-state index contributed by atoms with van der Waals surface area (Å²) < 4.78 is 23.7. The molecule has 0 bridgehead atoms. The van der Waals surface area contributed by atoms with E-state index >= 15 is 0 Å². The van der Waals surface area contributed by atoms with E-state index in [1.165, 1.54) is 0 Å².